The predicted molar refractivity (Wildman–Crippen MR) is 56.6 cm³/mol. The predicted octanol–water partition coefficient (Wildman–Crippen LogP) is 1.40. The topological polar surface area (TPSA) is 95.3 Å². The molecule has 1 heterocycles. The van der Waals surface area contributed by atoms with Crippen molar-refractivity contribution in [2.75, 3.05) is 0 Å². The van der Waals surface area contributed by atoms with Crippen LogP contribution in [-0.4, -0.2) is 15.9 Å². The van der Waals surface area contributed by atoms with E-state index >= 15 is 0 Å². The van der Waals surface area contributed by atoms with E-state index in [2.05, 4.69) is 9.98 Å². The van der Waals surface area contributed by atoms with Crippen LogP contribution in [0.2, 0.25) is 0 Å². The zero-order valence-electron chi connectivity index (χ0n) is 8.18. The maximum atomic E-state index is 8.93. The van der Waals surface area contributed by atoms with Crippen molar-refractivity contribution in [3.8, 4) is 6.07 Å². The summed E-state index contributed by atoms with van der Waals surface area (Å²) in [5.74, 6) is 0.536. The average Bonchev–Trinajstić information content (AvgIpc) is 2.16. The van der Waals surface area contributed by atoms with Gasteiger partial charge in [-0.05, 0) is 19.1 Å². The van der Waals surface area contributed by atoms with Crippen LogP contribution in [0.1, 0.15) is 12.6 Å². The van der Waals surface area contributed by atoms with E-state index in [1.54, 1.807) is 18.2 Å². The van der Waals surface area contributed by atoms with Crippen LogP contribution in [0.3, 0.4) is 0 Å². The Morgan fingerprint density at radius 3 is 3.00 bits per heavy atom. The van der Waals surface area contributed by atoms with Crippen molar-refractivity contribution in [2.45, 2.75) is 6.92 Å². The van der Waals surface area contributed by atoms with Gasteiger partial charge in [-0.2, -0.15) is 5.26 Å². The second-order valence-corrected chi connectivity index (χ2v) is 2.82. The Morgan fingerprint density at radius 2 is 2.40 bits per heavy atom. The maximum Gasteiger partial charge on any atom is 0.155 e. The fourth-order valence-corrected chi connectivity index (χ4v) is 0.926. The maximum absolute atomic E-state index is 8.93. The zero-order valence-corrected chi connectivity index (χ0v) is 8.18. The molecule has 76 valence electrons. The van der Waals surface area contributed by atoms with Gasteiger partial charge in [-0.3, -0.25) is 0 Å². The van der Waals surface area contributed by atoms with Crippen molar-refractivity contribution in [2.24, 2.45) is 10.7 Å². The van der Waals surface area contributed by atoms with E-state index in [0.717, 1.165) is 0 Å². The third kappa shape index (κ3) is 3.48. The second-order valence-electron chi connectivity index (χ2n) is 2.82. The molecule has 0 aromatic carbocycles. The van der Waals surface area contributed by atoms with Crippen molar-refractivity contribution in [1.82, 2.24) is 4.98 Å². The van der Waals surface area contributed by atoms with Crippen LogP contribution >= 0.6 is 0 Å². The van der Waals surface area contributed by atoms with Crippen molar-refractivity contribution >= 4 is 11.7 Å². The van der Waals surface area contributed by atoms with Gasteiger partial charge in [0, 0.05) is 6.08 Å². The highest BCUT2D eigenvalue weighted by molar-refractivity contribution is 5.93. The Kier molecular flexibility index (Phi) is 3.41. The number of hydrogen-bond acceptors (Lipinski definition) is 4. The van der Waals surface area contributed by atoms with Gasteiger partial charge in [0.25, 0.3) is 0 Å². The summed E-state index contributed by atoms with van der Waals surface area (Å²) < 4.78 is 0. The third-order valence-electron chi connectivity index (χ3n) is 1.45. The van der Waals surface area contributed by atoms with Crippen LogP contribution in [0.5, 0.6) is 0 Å². The molecule has 1 aromatic heterocycles. The molecule has 0 aliphatic carbocycles. The van der Waals surface area contributed by atoms with Crippen LogP contribution in [-0.2, 0) is 0 Å². The van der Waals surface area contributed by atoms with Crippen molar-refractivity contribution in [3.05, 3.63) is 35.7 Å². The smallest absolute Gasteiger partial charge is 0.155 e. The molecule has 0 bridgehead atoms. The number of aliphatic hydroxyl groups is 1. The lowest BCUT2D eigenvalue weighted by Crippen LogP contribution is -2.08. The number of nitriles is 1. The molecule has 3 N–H and O–H groups in total. The molecule has 0 fully saturated rings. The highest BCUT2D eigenvalue weighted by Crippen LogP contribution is 2.08. The number of amidine groups is 1. The van der Waals surface area contributed by atoms with Gasteiger partial charge in [-0.25, -0.2) is 9.98 Å². The molecule has 15 heavy (non-hydrogen) atoms. The Hall–Kier alpha value is -2.35. The molecule has 0 aliphatic heterocycles. The molecule has 0 saturated heterocycles. The van der Waals surface area contributed by atoms with E-state index in [0.29, 0.717) is 5.82 Å². The molecule has 0 aliphatic rings. The zero-order chi connectivity index (χ0) is 11.3. The largest absolute Gasteiger partial charge is 0.512 e. The summed E-state index contributed by atoms with van der Waals surface area (Å²) in [6, 6.07) is 6.75. The number of aliphatic hydroxyl groups excluding tert-OH is 1. The number of pyridine rings is 1. The van der Waals surface area contributed by atoms with Crippen LogP contribution in [0.15, 0.2) is 35.0 Å². The van der Waals surface area contributed by atoms with Crippen molar-refractivity contribution in [3.63, 3.8) is 0 Å². The van der Waals surface area contributed by atoms with Gasteiger partial charge in [0.05, 0.1) is 5.76 Å². The quantitative estimate of drug-likeness (QED) is 0.430. The Balaban J connectivity index is 2.99. The molecule has 0 saturated carbocycles. The summed E-state index contributed by atoms with van der Waals surface area (Å²) in [6.45, 7) is 1.49. The molecular weight excluding hydrogens is 192 g/mol. The van der Waals surface area contributed by atoms with Gasteiger partial charge in [0.2, 0.25) is 0 Å². The molecule has 0 amide bonds. The first-order chi connectivity index (χ1) is 7.11. The third-order valence-corrected chi connectivity index (χ3v) is 1.45. The summed E-state index contributed by atoms with van der Waals surface area (Å²) in [5.41, 5.74) is 5.76. The van der Waals surface area contributed by atoms with Gasteiger partial charge >= 0.3 is 0 Å². The number of rotatable bonds is 2. The van der Waals surface area contributed by atoms with Gasteiger partial charge in [-0.1, -0.05) is 6.07 Å². The van der Waals surface area contributed by atoms with Gasteiger partial charge in [0.15, 0.2) is 5.82 Å². The molecule has 0 atom stereocenters. The SMILES string of the molecule is C/C(O)=C/C(N)=N\c1cccc(C#N)n1. The standard InChI is InChI=1S/C10H10N4O/c1-7(15)5-9(12)14-10-4-2-3-8(6-11)13-10/h2-5,15H,1H3,(H2,12,13,14)/b7-5-. The minimum absolute atomic E-state index is 0.0627. The molecule has 0 unspecified atom stereocenters. The Morgan fingerprint density at radius 1 is 1.67 bits per heavy atom. The summed E-state index contributed by atoms with van der Waals surface area (Å²) in [4.78, 5) is 7.80. The Bertz CT molecular complexity index is 453. The number of allylic oxidation sites excluding steroid dienone is 1. The summed E-state index contributed by atoms with van der Waals surface area (Å²) in [6.07, 6.45) is 1.31. The van der Waals surface area contributed by atoms with E-state index in [9.17, 15) is 0 Å². The number of aromatic nitrogens is 1. The van der Waals surface area contributed by atoms with E-state index < -0.39 is 0 Å². The Labute approximate surface area is 87.2 Å². The van der Waals surface area contributed by atoms with E-state index in [4.69, 9.17) is 16.1 Å². The highest BCUT2D eigenvalue weighted by atomic mass is 16.3. The van der Waals surface area contributed by atoms with E-state index in [1.165, 1.54) is 13.0 Å². The van der Waals surface area contributed by atoms with Crippen molar-refractivity contribution in [1.29, 1.82) is 5.26 Å². The molecule has 5 nitrogen and oxygen atoms in total. The minimum atomic E-state index is 0.0627. The van der Waals surface area contributed by atoms with Crippen LogP contribution in [0.4, 0.5) is 5.82 Å². The fourth-order valence-electron chi connectivity index (χ4n) is 0.926. The fraction of sp³-hybridized carbons (Fsp3) is 0.100. The number of aliphatic imine (C=N–C) groups is 1. The normalized spacial score (nSPS) is 12.3. The molecular formula is C10H10N4O. The van der Waals surface area contributed by atoms with Crippen molar-refractivity contribution < 1.29 is 5.11 Å². The summed E-state index contributed by atoms with van der Waals surface area (Å²) >= 11 is 0. The minimum Gasteiger partial charge on any atom is -0.512 e. The lowest BCUT2D eigenvalue weighted by atomic mass is 10.3. The molecule has 0 spiro atoms. The summed E-state index contributed by atoms with van der Waals surface area (Å²) in [7, 11) is 0. The lowest BCUT2D eigenvalue weighted by molar-refractivity contribution is 0.415. The summed E-state index contributed by atoms with van der Waals surface area (Å²) in [5, 5.41) is 17.5. The highest BCUT2D eigenvalue weighted by Gasteiger charge is 1.95. The molecule has 0 radical (unpaired) electrons. The van der Waals surface area contributed by atoms with E-state index in [1.807, 2.05) is 6.07 Å². The second kappa shape index (κ2) is 4.77. The van der Waals surface area contributed by atoms with Crippen LogP contribution in [0, 0.1) is 11.3 Å². The van der Waals surface area contributed by atoms with Gasteiger partial charge in [0.1, 0.15) is 17.6 Å². The van der Waals surface area contributed by atoms with E-state index in [-0.39, 0.29) is 17.3 Å². The number of nitrogens with two attached hydrogens (primary N) is 1. The van der Waals surface area contributed by atoms with Crippen LogP contribution in [0.25, 0.3) is 0 Å². The number of hydrogen-bond donors (Lipinski definition) is 2. The molecule has 5 heteroatoms. The lowest BCUT2D eigenvalue weighted by Gasteiger charge is -1.95. The molecule has 1 rings (SSSR count). The average molecular weight is 202 g/mol. The van der Waals surface area contributed by atoms with Gasteiger partial charge in [-0.15, -0.1) is 0 Å². The first-order valence-electron chi connectivity index (χ1n) is 4.20. The van der Waals surface area contributed by atoms with Gasteiger partial charge < -0.3 is 10.8 Å². The monoisotopic (exact) mass is 202 g/mol. The molecule has 1 aromatic rings. The first-order valence-corrected chi connectivity index (χ1v) is 4.20. The first kappa shape index (κ1) is 10.7. The number of nitrogens with zero attached hydrogens (tertiary/aromatic N) is 3. The van der Waals surface area contributed by atoms with Crippen LogP contribution < -0.4 is 5.73 Å².